The summed E-state index contributed by atoms with van der Waals surface area (Å²) in [6, 6.07) is 2.45. The number of ether oxygens (including phenoxy) is 2. The molecule has 2 rings (SSSR count). The van der Waals surface area contributed by atoms with E-state index in [9.17, 15) is 13.2 Å². The zero-order valence-electron chi connectivity index (χ0n) is 14.8. The normalized spacial score (nSPS) is 14.2. The number of methoxy groups -OCH3 is 1. The quantitative estimate of drug-likeness (QED) is 0.348. The van der Waals surface area contributed by atoms with Crippen molar-refractivity contribution in [2.45, 2.75) is 17.7 Å². The molecule has 0 heterocycles. The van der Waals surface area contributed by atoms with Crippen molar-refractivity contribution in [2.24, 2.45) is 4.40 Å². The van der Waals surface area contributed by atoms with Gasteiger partial charge in [0.2, 0.25) is 0 Å². The van der Waals surface area contributed by atoms with Crippen LogP contribution in [-0.4, -0.2) is 46.8 Å². The lowest BCUT2D eigenvalue weighted by atomic mass is 10.1. The van der Waals surface area contributed by atoms with Gasteiger partial charge in [0.25, 0.3) is 10.0 Å². The summed E-state index contributed by atoms with van der Waals surface area (Å²) in [7, 11) is 0.298. The lowest BCUT2D eigenvalue weighted by Crippen LogP contribution is -2.13. The third-order valence-corrected chi connectivity index (χ3v) is 4.61. The number of nitrogens with two attached hydrogens (primary N) is 1. The van der Waals surface area contributed by atoms with Crippen LogP contribution in [0.5, 0.6) is 5.75 Å². The first-order chi connectivity index (χ1) is 12.2. The van der Waals surface area contributed by atoms with E-state index in [0.717, 1.165) is 25.2 Å². The van der Waals surface area contributed by atoms with Gasteiger partial charge < -0.3 is 20.1 Å². The highest BCUT2D eigenvalue weighted by Crippen LogP contribution is 2.35. The third kappa shape index (κ3) is 4.63. The predicted octanol–water partition coefficient (Wildman–Crippen LogP) is 1.95. The molecule has 0 atom stereocenters. The van der Waals surface area contributed by atoms with Crippen molar-refractivity contribution >= 4 is 28.0 Å². The molecule has 1 aliphatic rings. The monoisotopic (exact) mass is 379 g/mol. The summed E-state index contributed by atoms with van der Waals surface area (Å²) in [5.41, 5.74) is 5.96. The highest BCUT2D eigenvalue weighted by Gasteiger charge is 2.25. The summed E-state index contributed by atoms with van der Waals surface area (Å²) < 4.78 is 39.3. The molecular weight excluding hydrogens is 358 g/mol. The molecule has 1 aromatic rings. The first-order valence-electron chi connectivity index (χ1n) is 7.78. The highest BCUT2D eigenvalue weighted by atomic mass is 32.2. The molecule has 0 saturated carbocycles. The van der Waals surface area contributed by atoms with Gasteiger partial charge in [-0.3, -0.25) is 0 Å². The average molecular weight is 379 g/mol. The van der Waals surface area contributed by atoms with Crippen LogP contribution in [0.4, 0.5) is 5.69 Å². The number of hydrogen-bond donors (Lipinski definition) is 1. The van der Waals surface area contributed by atoms with E-state index in [2.05, 4.69) is 9.13 Å². The highest BCUT2D eigenvalue weighted by molar-refractivity contribution is 7.90. The number of sulfonamides is 1. The number of carbonyl (C=O) groups excluding carboxylic acids is 1. The minimum Gasteiger partial charge on any atom is -0.465 e. The molecule has 0 aliphatic heterocycles. The maximum absolute atomic E-state index is 12.7. The van der Waals surface area contributed by atoms with E-state index in [-0.39, 0.29) is 21.9 Å². The molecule has 0 spiro atoms. The Balaban J connectivity index is 2.60. The summed E-state index contributed by atoms with van der Waals surface area (Å²) in [5.74, 6) is -0.318. The smallest absolute Gasteiger partial charge is 0.337 e. The van der Waals surface area contributed by atoms with Crippen molar-refractivity contribution in [3.63, 3.8) is 0 Å². The molecule has 8 nitrogen and oxygen atoms in total. The molecule has 1 aliphatic carbocycles. The number of nitrogen functional groups attached to an aromatic ring is 1. The molecule has 0 unspecified atom stereocenters. The van der Waals surface area contributed by atoms with E-state index in [1.165, 1.54) is 18.1 Å². The van der Waals surface area contributed by atoms with Gasteiger partial charge in [-0.1, -0.05) is 6.08 Å². The van der Waals surface area contributed by atoms with E-state index in [1.807, 2.05) is 12.2 Å². The molecule has 1 aromatic carbocycles. The van der Waals surface area contributed by atoms with Crippen LogP contribution in [0, 0.1) is 0 Å². The molecule has 0 saturated heterocycles. The number of hydrogen-bond acceptors (Lipinski definition) is 6. The summed E-state index contributed by atoms with van der Waals surface area (Å²) in [5, 5.41) is 0. The zero-order valence-corrected chi connectivity index (χ0v) is 15.6. The van der Waals surface area contributed by atoms with Gasteiger partial charge in [-0.2, -0.15) is 8.42 Å². The van der Waals surface area contributed by atoms with Crippen LogP contribution >= 0.6 is 0 Å². The molecule has 0 fully saturated rings. The lowest BCUT2D eigenvalue weighted by molar-refractivity contribution is 0.0600. The summed E-state index contributed by atoms with van der Waals surface area (Å²) in [6.07, 6.45) is 8.26. The molecule has 9 heteroatoms. The number of carbonyl (C=O) groups is 1. The standard InChI is InChI=1S/C17H21N3O5S/c1-20(2)11-19-26(22,23)15-10-12(17(21)24-3)9-14(18)16(15)25-13-7-5-4-6-8-13/h5,7-11H,4,6,18H2,1-3H3. The summed E-state index contributed by atoms with van der Waals surface area (Å²) in [4.78, 5) is 13.0. The Labute approximate surface area is 152 Å². The number of esters is 1. The summed E-state index contributed by atoms with van der Waals surface area (Å²) >= 11 is 0. The maximum atomic E-state index is 12.7. The SMILES string of the molecule is COC(=O)c1cc(N)c(OC2=CCCC=C2)c(S(=O)(=O)N=CN(C)C)c1. The minimum atomic E-state index is -4.16. The van der Waals surface area contributed by atoms with Crippen molar-refractivity contribution in [3.8, 4) is 5.75 Å². The van der Waals surface area contributed by atoms with Crippen LogP contribution in [0.2, 0.25) is 0 Å². The van der Waals surface area contributed by atoms with E-state index < -0.39 is 16.0 Å². The number of anilines is 1. The van der Waals surface area contributed by atoms with Crippen molar-refractivity contribution in [2.75, 3.05) is 26.9 Å². The molecule has 140 valence electrons. The number of nitrogens with zero attached hydrogens (tertiary/aromatic N) is 2. The van der Waals surface area contributed by atoms with Crippen molar-refractivity contribution in [1.82, 2.24) is 4.90 Å². The first-order valence-corrected chi connectivity index (χ1v) is 9.22. The zero-order chi connectivity index (χ0) is 19.3. The fraction of sp³-hybridized carbons (Fsp3) is 0.294. The van der Waals surface area contributed by atoms with Gasteiger partial charge >= 0.3 is 5.97 Å². The first kappa shape index (κ1) is 19.5. The Hall–Kier alpha value is -2.81. The van der Waals surface area contributed by atoms with Gasteiger partial charge in [0.15, 0.2) is 5.75 Å². The third-order valence-electron chi connectivity index (χ3n) is 3.38. The van der Waals surface area contributed by atoms with E-state index >= 15 is 0 Å². The number of benzene rings is 1. The van der Waals surface area contributed by atoms with Crippen LogP contribution in [0.25, 0.3) is 0 Å². The van der Waals surface area contributed by atoms with E-state index in [4.69, 9.17) is 10.5 Å². The number of allylic oxidation sites excluding steroid dienone is 3. The van der Waals surface area contributed by atoms with Crippen LogP contribution in [0.15, 0.2) is 45.4 Å². The second kappa shape index (κ2) is 8.05. The molecule has 0 radical (unpaired) electrons. The van der Waals surface area contributed by atoms with Gasteiger partial charge in [0, 0.05) is 14.1 Å². The minimum absolute atomic E-state index is 0.00796. The Morgan fingerprint density at radius 1 is 1.31 bits per heavy atom. The van der Waals surface area contributed by atoms with Crippen LogP contribution < -0.4 is 10.5 Å². The van der Waals surface area contributed by atoms with Crippen molar-refractivity contribution < 1.29 is 22.7 Å². The predicted molar refractivity (Wildman–Crippen MR) is 98.6 cm³/mol. The van der Waals surface area contributed by atoms with E-state index in [0.29, 0.717) is 5.76 Å². The fourth-order valence-corrected chi connectivity index (χ4v) is 3.25. The van der Waals surface area contributed by atoms with E-state index in [1.54, 1.807) is 20.2 Å². The Bertz CT molecular complexity index is 886. The average Bonchev–Trinajstić information content (AvgIpc) is 2.61. The molecule has 0 amide bonds. The van der Waals surface area contributed by atoms with Crippen molar-refractivity contribution in [3.05, 3.63) is 41.7 Å². The molecule has 0 aromatic heterocycles. The van der Waals surface area contributed by atoms with Gasteiger partial charge in [-0.15, -0.1) is 4.40 Å². The molecule has 0 bridgehead atoms. The van der Waals surface area contributed by atoms with Gasteiger partial charge in [-0.05, 0) is 37.1 Å². The second-order valence-electron chi connectivity index (χ2n) is 5.73. The maximum Gasteiger partial charge on any atom is 0.337 e. The van der Waals surface area contributed by atoms with Crippen LogP contribution in [0.1, 0.15) is 23.2 Å². The molecule has 2 N–H and O–H groups in total. The summed E-state index contributed by atoms with van der Waals surface area (Å²) in [6.45, 7) is 0. The fourth-order valence-electron chi connectivity index (χ4n) is 2.16. The Kier molecular flexibility index (Phi) is 6.04. The lowest BCUT2D eigenvalue weighted by Gasteiger charge is -2.16. The van der Waals surface area contributed by atoms with Crippen LogP contribution in [-0.2, 0) is 14.8 Å². The van der Waals surface area contributed by atoms with Gasteiger partial charge in [0.1, 0.15) is 17.0 Å². The largest absolute Gasteiger partial charge is 0.465 e. The number of rotatable bonds is 6. The van der Waals surface area contributed by atoms with Crippen LogP contribution in [0.3, 0.4) is 0 Å². The van der Waals surface area contributed by atoms with Crippen molar-refractivity contribution in [1.29, 1.82) is 0 Å². The van der Waals surface area contributed by atoms with Gasteiger partial charge in [-0.25, -0.2) is 4.79 Å². The Morgan fingerprint density at radius 2 is 2.04 bits per heavy atom. The Morgan fingerprint density at radius 3 is 2.62 bits per heavy atom. The second-order valence-corrected chi connectivity index (χ2v) is 7.33. The molecule has 26 heavy (non-hydrogen) atoms. The van der Waals surface area contributed by atoms with Gasteiger partial charge in [0.05, 0.1) is 18.4 Å². The topological polar surface area (TPSA) is 111 Å². The molecular formula is C17H21N3O5S.